The molecule has 10 heavy (non-hydrogen) atoms. The van der Waals surface area contributed by atoms with E-state index in [9.17, 15) is 0 Å². The summed E-state index contributed by atoms with van der Waals surface area (Å²) < 4.78 is 5.12. The molecular formula is C7H5B2O. The summed E-state index contributed by atoms with van der Waals surface area (Å²) in [5.41, 5.74) is 0.956. The molecule has 0 bridgehead atoms. The van der Waals surface area contributed by atoms with Crippen LogP contribution >= 0.6 is 0 Å². The zero-order valence-corrected chi connectivity index (χ0v) is 5.45. The van der Waals surface area contributed by atoms with Crippen LogP contribution in [-0.2, 0) is 0 Å². The van der Waals surface area contributed by atoms with Crippen molar-refractivity contribution in [2.24, 2.45) is 0 Å². The molecule has 1 heterocycles. The van der Waals surface area contributed by atoms with E-state index in [0.29, 0.717) is 0 Å². The number of hydrogen-bond donors (Lipinski definition) is 0. The van der Waals surface area contributed by atoms with Crippen molar-refractivity contribution in [2.45, 2.75) is 0 Å². The standard InChI is InChI=1S/C7H5BO.B/c1-2-4-7-6(3-1)5-8-9-7;/h1-5H;. The molecular weight excluding hydrogens is 122 g/mol. The molecule has 0 saturated heterocycles. The molecule has 45 valence electrons. The third kappa shape index (κ3) is 0.991. The van der Waals surface area contributed by atoms with E-state index < -0.39 is 0 Å². The second-order valence-corrected chi connectivity index (χ2v) is 1.96. The molecule has 0 aliphatic carbocycles. The van der Waals surface area contributed by atoms with Crippen LogP contribution < -0.4 is 0 Å². The van der Waals surface area contributed by atoms with Crippen LogP contribution in [0.1, 0.15) is 0 Å². The van der Waals surface area contributed by atoms with E-state index in [2.05, 4.69) is 0 Å². The van der Waals surface area contributed by atoms with Crippen LogP contribution in [0.4, 0.5) is 0 Å². The third-order valence-electron chi connectivity index (χ3n) is 1.36. The first-order valence-electron chi connectivity index (χ1n) is 2.89. The van der Waals surface area contributed by atoms with Crippen molar-refractivity contribution in [3.8, 4) is 0 Å². The van der Waals surface area contributed by atoms with E-state index >= 15 is 0 Å². The predicted octanol–water partition coefficient (Wildman–Crippen LogP) is 1.39. The summed E-state index contributed by atoms with van der Waals surface area (Å²) in [5.74, 6) is 1.95. The summed E-state index contributed by atoms with van der Waals surface area (Å²) in [4.78, 5) is 0. The van der Waals surface area contributed by atoms with Gasteiger partial charge in [0.1, 0.15) is 0 Å². The summed E-state index contributed by atoms with van der Waals surface area (Å²) in [5, 5.41) is 1.16. The van der Waals surface area contributed by atoms with Crippen LogP contribution in [0.2, 0.25) is 0 Å². The van der Waals surface area contributed by atoms with Gasteiger partial charge in [0.2, 0.25) is 0 Å². The average Bonchev–Trinajstić information content (AvgIpc) is 2.33. The van der Waals surface area contributed by atoms with Gasteiger partial charge < -0.3 is 0 Å². The van der Waals surface area contributed by atoms with Crippen molar-refractivity contribution in [3.05, 3.63) is 30.2 Å². The fourth-order valence-electron chi connectivity index (χ4n) is 0.906. The van der Waals surface area contributed by atoms with Gasteiger partial charge >= 0.3 is 52.7 Å². The van der Waals surface area contributed by atoms with Gasteiger partial charge in [-0.15, -0.1) is 0 Å². The Hall–Kier alpha value is -0.980. The Labute approximate surface area is 61.9 Å². The van der Waals surface area contributed by atoms with Crippen molar-refractivity contribution in [1.29, 1.82) is 0 Å². The first-order chi connectivity index (χ1) is 4.47. The Balaban J connectivity index is 0.000000500. The van der Waals surface area contributed by atoms with Crippen LogP contribution in [0.3, 0.4) is 0 Å². The molecule has 1 aromatic carbocycles. The van der Waals surface area contributed by atoms with Crippen molar-refractivity contribution >= 4 is 26.5 Å². The van der Waals surface area contributed by atoms with Gasteiger partial charge in [-0.2, -0.15) is 0 Å². The zero-order chi connectivity index (χ0) is 6.10. The summed E-state index contributed by atoms with van der Waals surface area (Å²) >= 11 is 0. The van der Waals surface area contributed by atoms with E-state index in [4.69, 9.17) is 4.33 Å². The molecule has 0 aliphatic heterocycles. The fraction of sp³-hybridized carbons (Fsp3) is 0. The third-order valence-corrected chi connectivity index (χ3v) is 1.36. The Morgan fingerprint density at radius 1 is 1.20 bits per heavy atom. The van der Waals surface area contributed by atoms with Crippen molar-refractivity contribution < 1.29 is 4.33 Å². The molecule has 2 rings (SSSR count). The second-order valence-electron chi connectivity index (χ2n) is 1.96. The molecule has 0 spiro atoms. The Morgan fingerprint density at radius 3 is 2.80 bits per heavy atom. The van der Waals surface area contributed by atoms with E-state index in [1.165, 1.54) is 0 Å². The average molecular weight is 127 g/mol. The number of para-hydroxylation sites is 1. The normalized spacial score (nSPS) is 8.80. The molecule has 0 fully saturated rings. The van der Waals surface area contributed by atoms with Gasteiger partial charge in [0.25, 0.3) is 0 Å². The summed E-state index contributed by atoms with van der Waals surface area (Å²) in [6.45, 7) is 0. The Morgan fingerprint density at radius 2 is 2.00 bits per heavy atom. The van der Waals surface area contributed by atoms with Gasteiger partial charge in [0.05, 0.1) is 0 Å². The predicted molar refractivity (Wildman–Crippen MR) is 43.3 cm³/mol. The summed E-state index contributed by atoms with van der Waals surface area (Å²) in [7, 11) is 1.70. The molecule has 1 nitrogen and oxygen atoms in total. The monoisotopic (exact) mass is 127 g/mol. The van der Waals surface area contributed by atoms with E-state index in [-0.39, 0.29) is 8.41 Å². The number of rotatable bonds is 0. The first-order valence-corrected chi connectivity index (χ1v) is 2.89. The number of fused-ring (bicyclic) bond motifs is 1. The van der Waals surface area contributed by atoms with Crippen LogP contribution in [0, 0.1) is 0 Å². The minimum absolute atomic E-state index is 0. The van der Waals surface area contributed by atoms with Gasteiger partial charge in [0, 0.05) is 8.41 Å². The molecule has 0 aliphatic rings. The van der Waals surface area contributed by atoms with Crippen molar-refractivity contribution in [2.75, 3.05) is 0 Å². The Kier molecular flexibility index (Phi) is 1.95. The van der Waals surface area contributed by atoms with Crippen LogP contribution in [0.15, 0.2) is 34.6 Å². The molecule has 0 saturated carbocycles. The minimum atomic E-state index is 0. The van der Waals surface area contributed by atoms with E-state index in [0.717, 1.165) is 11.0 Å². The van der Waals surface area contributed by atoms with Gasteiger partial charge in [-0.05, 0) is 0 Å². The summed E-state index contributed by atoms with van der Waals surface area (Å²) in [6, 6.07) is 7.94. The number of hydrogen-bond acceptors (Lipinski definition) is 1. The SMILES string of the molecule is [B].b1cc2ccccc2o1. The maximum absolute atomic E-state index is 5.12. The molecule has 1 aromatic heterocycles. The molecule has 0 atom stereocenters. The van der Waals surface area contributed by atoms with Crippen LogP contribution in [-0.4, -0.2) is 15.5 Å². The molecule has 3 radical (unpaired) electrons. The quantitative estimate of drug-likeness (QED) is 0.487. The van der Waals surface area contributed by atoms with E-state index in [1.807, 2.05) is 30.2 Å². The zero-order valence-electron chi connectivity index (χ0n) is 5.45. The van der Waals surface area contributed by atoms with Crippen LogP contribution in [0.5, 0.6) is 0 Å². The van der Waals surface area contributed by atoms with Crippen LogP contribution in [0.25, 0.3) is 11.0 Å². The fourth-order valence-corrected chi connectivity index (χ4v) is 0.906. The molecule has 0 unspecified atom stereocenters. The van der Waals surface area contributed by atoms with Gasteiger partial charge in [-0.25, -0.2) is 0 Å². The number of benzene rings is 1. The topological polar surface area (TPSA) is 13.1 Å². The maximum atomic E-state index is 5.12. The molecule has 0 amide bonds. The van der Waals surface area contributed by atoms with Gasteiger partial charge in [-0.3, -0.25) is 0 Å². The van der Waals surface area contributed by atoms with Gasteiger partial charge in [-0.1, -0.05) is 0 Å². The first kappa shape index (κ1) is 7.13. The van der Waals surface area contributed by atoms with Gasteiger partial charge in [0.15, 0.2) is 0 Å². The van der Waals surface area contributed by atoms with Crippen molar-refractivity contribution in [1.82, 2.24) is 0 Å². The van der Waals surface area contributed by atoms with Crippen molar-refractivity contribution in [3.63, 3.8) is 0 Å². The summed E-state index contributed by atoms with van der Waals surface area (Å²) in [6.07, 6.45) is 0. The molecule has 0 N–H and O–H groups in total. The second kappa shape index (κ2) is 2.74. The van der Waals surface area contributed by atoms with E-state index in [1.54, 1.807) is 7.13 Å². The molecule has 3 heteroatoms. The molecule has 2 aromatic rings. The Bertz CT molecular complexity index is 286.